The Labute approximate surface area is 140 Å². The van der Waals surface area contributed by atoms with E-state index >= 15 is 0 Å². The summed E-state index contributed by atoms with van der Waals surface area (Å²) < 4.78 is 15.2. The normalized spacial score (nSPS) is 11.4. The molecule has 3 heterocycles. The SMILES string of the molecule is COc1cc(OC)cc(-n2c3cc(N)sc3c3sc(N)cc32)c1. The minimum atomic E-state index is 0.737. The van der Waals surface area contributed by atoms with Crippen LogP contribution in [0, 0.1) is 0 Å². The molecule has 0 saturated heterocycles. The molecular formula is C16H15N3O2S2. The largest absolute Gasteiger partial charge is 0.497 e. The maximum absolute atomic E-state index is 6.02. The van der Waals surface area contributed by atoms with Crippen LogP contribution in [0.4, 0.5) is 10.0 Å². The minimum Gasteiger partial charge on any atom is -0.497 e. The van der Waals surface area contributed by atoms with Crippen LogP contribution in [0.2, 0.25) is 0 Å². The molecule has 0 radical (unpaired) electrons. The summed E-state index contributed by atoms with van der Waals surface area (Å²) in [5.74, 6) is 1.47. The molecule has 3 aromatic heterocycles. The van der Waals surface area contributed by atoms with E-state index in [1.54, 1.807) is 36.9 Å². The second-order valence-electron chi connectivity index (χ2n) is 5.13. The molecule has 0 unspecified atom stereocenters. The Balaban J connectivity index is 2.10. The van der Waals surface area contributed by atoms with Gasteiger partial charge < -0.3 is 25.5 Å². The highest BCUT2D eigenvalue weighted by Crippen LogP contribution is 2.44. The van der Waals surface area contributed by atoms with Crippen LogP contribution in [0.1, 0.15) is 0 Å². The van der Waals surface area contributed by atoms with Crippen LogP contribution in [0.15, 0.2) is 30.3 Å². The number of hydrogen-bond donors (Lipinski definition) is 2. The summed E-state index contributed by atoms with van der Waals surface area (Å²) in [6.45, 7) is 0. The Kier molecular flexibility index (Phi) is 3.14. The molecule has 0 atom stereocenters. The predicted octanol–water partition coefficient (Wildman–Crippen LogP) is 4.09. The maximum Gasteiger partial charge on any atom is 0.124 e. The molecule has 0 aliphatic heterocycles. The van der Waals surface area contributed by atoms with Crippen molar-refractivity contribution in [1.29, 1.82) is 0 Å². The number of fused-ring (bicyclic) bond motifs is 3. The molecule has 4 rings (SSSR count). The van der Waals surface area contributed by atoms with E-state index in [-0.39, 0.29) is 0 Å². The van der Waals surface area contributed by atoms with Crippen LogP contribution < -0.4 is 20.9 Å². The second-order valence-corrected chi connectivity index (χ2v) is 7.30. The molecular weight excluding hydrogens is 330 g/mol. The first-order chi connectivity index (χ1) is 11.1. The van der Waals surface area contributed by atoms with E-state index < -0.39 is 0 Å². The lowest BCUT2D eigenvalue weighted by molar-refractivity contribution is 0.394. The predicted molar refractivity (Wildman–Crippen MR) is 98.5 cm³/mol. The van der Waals surface area contributed by atoms with Crippen molar-refractivity contribution in [2.75, 3.05) is 25.7 Å². The fraction of sp³-hybridized carbons (Fsp3) is 0.125. The van der Waals surface area contributed by atoms with Crippen LogP contribution in [0.3, 0.4) is 0 Å². The van der Waals surface area contributed by atoms with E-state index in [4.69, 9.17) is 20.9 Å². The van der Waals surface area contributed by atoms with Crippen molar-refractivity contribution in [3.05, 3.63) is 30.3 Å². The lowest BCUT2D eigenvalue weighted by Gasteiger charge is -2.11. The van der Waals surface area contributed by atoms with Gasteiger partial charge in [0.05, 0.1) is 50.3 Å². The Morgan fingerprint density at radius 3 is 1.70 bits per heavy atom. The summed E-state index contributed by atoms with van der Waals surface area (Å²) in [7, 11) is 3.29. The van der Waals surface area contributed by atoms with Gasteiger partial charge in [0.15, 0.2) is 0 Å². The first kappa shape index (κ1) is 14.2. The molecule has 0 amide bonds. The highest BCUT2D eigenvalue weighted by molar-refractivity contribution is 7.30. The first-order valence-corrected chi connectivity index (χ1v) is 8.56. The summed E-state index contributed by atoms with van der Waals surface area (Å²) >= 11 is 3.16. The van der Waals surface area contributed by atoms with Crippen LogP contribution in [0.25, 0.3) is 26.1 Å². The molecule has 0 aliphatic rings. The number of aromatic nitrogens is 1. The van der Waals surface area contributed by atoms with E-state index in [2.05, 4.69) is 4.57 Å². The van der Waals surface area contributed by atoms with Gasteiger partial charge in [0.1, 0.15) is 11.5 Å². The number of nitrogens with two attached hydrogens (primary N) is 2. The Morgan fingerprint density at radius 1 is 0.783 bits per heavy atom. The quantitative estimate of drug-likeness (QED) is 0.586. The van der Waals surface area contributed by atoms with Gasteiger partial charge >= 0.3 is 0 Å². The number of nitrogens with zero attached hydrogens (tertiary/aromatic N) is 1. The van der Waals surface area contributed by atoms with Gasteiger partial charge in [0.25, 0.3) is 0 Å². The highest BCUT2D eigenvalue weighted by atomic mass is 32.1. The van der Waals surface area contributed by atoms with Crippen LogP contribution >= 0.6 is 22.7 Å². The minimum absolute atomic E-state index is 0.737. The Bertz CT molecular complexity index is 953. The molecule has 23 heavy (non-hydrogen) atoms. The van der Waals surface area contributed by atoms with Crippen molar-refractivity contribution in [1.82, 2.24) is 4.57 Å². The lowest BCUT2D eigenvalue weighted by Crippen LogP contribution is -1.96. The molecule has 5 nitrogen and oxygen atoms in total. The second kappa shape index (κ2) is 5.07. The van der Waals surface area contributed by atoms with Gasteiger partial charge in [0.2, 0.25) is 0 Å². The summed E-state index contributed by atoms with van der Waals surface area (Å²) in [5.41, 5.74) is 15.1. The lowest BCUT2D eigenvalue weighted by atomic mass is 10.2. The summed E-state index contributed by atoms with van der Waals surface area (Å²) in [6, 6.07) is 9.79. The topological polar surface area (TPSA) is 75.4 Å². The van der Waals surface area contributed by atoms with Gasteiger partial charge in [-0.1, -0.05) is 0 Å². The Morgan fingerprint density at radius 2 is 1.26 bits per heavy atom. The molecule has 118 valence electrons. The smallest absolute Gasteiger partial charge is 0.124 e. The summed E-state index contributed by atoms with van der Waals surface area (Å²) in [4.78, 5) is 0. The third kappa shape index (κ3) is 2.12. The first-order valence-electron chi connectivity index (χ1n) is 6.93. The Hall–Kier alpha value is -2.38. The number of ether oxygens (including phenoxy) is 2. The van der Waals surface area contributed by atoms with E-state index in [9.17, 15) is 0 Å². The molecule has 0 bridgehead atoms. The van der Waals surface area contributed by atoms with E-state index in [1.165, 1.54) is 0 Å². The molecule has 0 spiro atoms. The van der Waals surface area contributed by atoms with Gasteiger partial charge in [-0.05, 0) is 12.1 Å². The third-order valence-electron chi connectivity index (χ3n) is 3.75. The summed E-state index contributed by atoms with van der Waals surface area (Å²) in [5, 5.41) is 1.57. The number of hydrogen-bond acceptors (Lipinski definition) is 6. The number of thiophene rings is 2. The van der Waals surface area contributed by atoms with Gasteiger partial charge in [-0.15, -0.1) is 22.7 Å². The monoisotopic (exact) mass is 345 g/mol. The summed E-state index contributed by atoms with van der Waals surface area (Å²) in [6.07, 6.45) is 0. The van der Waals surface area contributed by atoms with E-state index in [0.29, 0.717) is 0 Å². The van der Waals surface area contributed by atoms with Crippen molar-refractivity contribution in [3.8, 4) is 17.2 Å². The van der Waals surface area contributed by atoms with Gasteiger partial charge in [-0.3, -0.25) is 0 Å². The van der Waals surface area contributed by atoms with Crippen LogP contribution in [-0.4, -0.2) is 18.8 Å². The number of methoxy groups -OCH3 is 2. The highest BCUT2D eigenvalue weighted by Gasteiger charge is 2.18. The molecule has 0 fully saturated rings. The number of rotatable bonds is 3. The molecule has 0 saturated carbocycles. The van der Waals surface area contributed by atoms with E-state index in [1.807, 2.05) is 30.3 Å². The van der Waals surface area contributed by atoms with Crippen LogP contribution in [0.5, 0.6) is 11.5 Å². The average Bonchev–Trinajstić information content (AvgIpc) is 3.16. The van der Waals surface area contributed by atoms with Crippen molar-refractivity contribution in [2.24, 2.45) is 0 Å². The van der Waals surface area contributed by atoms with E-state index in [0.717, 1.165) is 47.6 Å². The van der Waals surface area contributed by atoms with Crippen molar-refractivity contribution in [3.63, 3.8) is 0 Å². The molecule has 4 aromatic rings. The van der Waals surface area contributed by atoms with Crippen molar-refractivity contribution >= 4 is 53.1 Å². The fourth-order valence-electron chi connectivity index (χ4n) is 2.79. The fourth-order valence-corrected chi connectivity index (χ4v) is 4.75. The third-order valence-corrected chi connectivity index (χ3v) is 5.82. The standard InChI is InChI=1S/C16H15N3O2S2/c1-20-9-3-8(4-10(5-9)21-2)19-11-6-13(17)22-15(11)16-12(19)7-14(18)23-16/h3-7H,17-18H2,1-2H3. The van der Waals surface area contributed by atoms with Gasteiger partial charge in [-0.25, -0.2) is 0 Å². The molecule has 4 N–H and O–H groups in total. The number of anilines is 2. The van der Waals surface area contributed by atoms with Gasteiger partial charge in [0, 0.05) is 18.2 Å². The average molecular weight is 345 g/mol. The zero-order valence-electron chi connectivity index (χ0n) is 12.6. The molecule has 7 heteroatoms. The molecule has 1 aromatic carbocycles. The number of benzene rings is 1. The zero-order chi connectivity index (χ0) is 16.1. The van der Waals surface area contributed by atoms with Gasteiger partial charge in [-0.2, -0.15) is 0 Å². The maximum atomic E-state index is 6.02. The van der Waals surface area contributed by atoms with Crippen LogP contribution in [-0.2, 0) is 0 Å². The zero-order valence-corrected chi connectivity index (χ0v) is 14.3. The molecule has 0 aliphatic carbocycles. The van der Waals surface area contributed by atoms with Crippen molar-refractivity contribution in [2.45, 2.75) is 0 Å². The van der Waals surface area contributed by atoms with Crippen molar-refractivity contribution < 1.29 is 9.47 Å². The number of nitrogen functional groups attached to an aromatic ring is 2.